The molecule has 1 heterocycles. The fourth-order valence-corrected chi connectivity index (χ4v) is 4.25. The summed E-state index contributed by atoms with van der Waals surface area (Å²) in [5, 5.41) is 0. The van der Waals surface area contributed by atoms with Gasteiger partial charge in [0.15, 0.2) is 0 Å². The molecule has 0 N–H and O–H groups in total. The Bertz CT molecular complexity index is 930. The molecule has 284 valence electrons. The fraction of sp³-hybridized carbons (Fsp3) is 0.853. The van der Waals surface area contributed by atoms with Crippen molar-refractivity contribution in [3.8, 4) is 12.3 Å². The maximum absolute atomic E-state index is 13.6. The van der Waals surface area contributed by atoms with Gasteiger partial charge in [-0.2, -0.15) is 0 Å². The van der Waals surface area contributed by atoms with Crippen LogP contribution in [0.25, 0.3) is 0 Å². The number of nitrogens with zero attached hydrogens (tertiary/aromatic N) is 5. The number of hydrogen-bond donors (Lipinski definition) is 0. The third kappa shape index (κ3) is 22.5. The van der Waals surface area contributed by atoms with Crippen molar-refractivity contribution in [2.24, 2.45) is 0 Å². The average molecular weight is 702 g/mol. The number of hydrogen-bond acceptors (Lipinski definition) is 11. The molecule has 1 aliphatic heterocycles. The molecule has 15 nitrogen and oxygen atoms in total. The van der Waals surface area contributed by atoms with E-state index in [1.165, 1.54) is 9.80 Å². The summed E-state index contributed by atoms with van der Waals surface area (Å²) in [5.41, 5.74) is -1.15. The van der Waals surface area contributed by atoms with E-state index in [1.54, 1.807) is 19.0 Å². The third-order valence-corrected chi connectivity index (χ3v) is 6.96. The number of urea groups is 1. The minimum absolute atomic E-state index is 0.0804. The average Bonchev–Trinajstić information content (AvgIpc) is 3.02. The molecule has 0 aromatic rings. The van der Waals surface area contributed by atoms with Gasteiger partial charge in [-0.1, -0.05) is 5.92 Å². The summed E-state index contributed by atoms with van der Waals surface area (Å²) in [7, 11) is 3.32. The van der Waals surface area contributed by atoms with Crippen molar-refractivity contribution in [1.29, 1.82) is 0 Å². The van der Waals surface area contributed by atoms with E-state index in [-0.39, 0.29) is 12.6 Å². The number of piperazine rings is 1. The normalized spacial score (nSPS) is 13.9. The second kappa shape index (κ2) is 24.3. The monoisotopic (exact) mass is 701 g/mol. The first-order valence-electron chi connectivity index (χ1n) is 17.1. The zero-order valence-corrected chi connectivity index (χ0v) is 31.3. The number of likely N-dealkylation sites (N-methyl/N-ethyl adjacent to an activating group) is 2. The summed E-state index contributed by atoms with van der Waals surface area (Å²) < 4.78 is 38.6. The minimum Gasteiger partial charge on any atom is -0.444 e. The van der Waals surface area contributed by atoms with Crippen LogP contribution in [-0.2, 0) is 33.2 Å². The van der Waals surface area contributed by atoms with Gasteiger partial charge in [0.2, 0.25) is 0 Å². The molecule has 1 rings (SSSR count). The van der Waals surface area contributed by atoms with Crippen molar-refractivity contribution < 1.29 is 47.5 Å². The number of amides is 4. The molecule has 1 fully saturated rings. The Hall–Kier alpha value is -2.87. The van der Waals surface area contributed by atoms with E-state index in [0.29, 0.717) is 98.7 Å². The van der Waals surface area contributed by atoms with Crippen LogP contribution < -0.4 is 0 Å². The molecule has 0 radical (unpaired) electrons. The van der Waals surface area contributed by atoms with E-state index < -0.39 is 23.4 Å². The van der Waals surface area contributed by atoms with Crippen molar-refractivity contribution >= 4 is 18.2 Å². The zero-order chi connectivity index (χ0) is 36.7. The topological polar surface area (TPSA) is 132 Å². The molecule has 15 heteroatoms. The van der Waals surface area contributed by atoms with Gasteiger partial charge >= 0.3 is 18.2 Å². The number of rotatable bonds is 22. The van der Waals surface area contributed by atoms with Crippen LogP contribution in [0, 0.1) is 12.3 Å². The molecular weight excluding hydrogens is 638 g/mol. The zero-order valence-electron chi connectivity index (χ0n) is 31.3. The van der Waals surface area contributed by atoms with Gasteiger partial charge in [-0.25, -0.2) is 14.4 Å². The highest BCUT2D eigenvalue weighted by atomic mass is 16.6. The summed E-state index contributed by atoms with van der Waals surface area (Å²) in [6.45, 7) is 19.8. The summed E-state index contributed by atoms with van der Waals surface area (Å²) in [6, 6.07) is -0.0804. The molecule has 0 aromatic carbocycles. The SMILES string of the molecule is C#CCOCCOCCOCCN1CCN(C(=O)N(CCOCCN(C)C(=O)OC(C)(C)C)CCOCCN(C)C(=O)OC(C)(C)C)CC1. The van der Waals surface area contributed by atoms with Gasteiger partial charge in [-0.15, -0.1) is 6.42 Å². The van der Waals surface area contributed by atoms with Crippen LogP contribution in [0.5, 0.6) is 0 Å². The molecule has 0 atom stereocenters. The van der Waals surface area contributed by atoms with Crippen molar-refractivity contribution in [3.63, 3.8) is 0 Å². The highest BCUT2D eigenvalue weighted by Crippen LogP contribution is 2.10. The number of carbonyl (C=O) groups is 3. The van der Waals surface area contributed by atoms with Gasteiger partial charge in [0.1, 0.15) is 17.8 Å². The lowest BCUT2D eigenvalue weighted by Crippen LogP contribution is -2.54. The second-order valence-corrected chi connectivity index (χ2v) is 13.6. The van der Waals surface area contributed by atoms with Crippen molar-refractivity contribution in [2.75, 3.05) is 139 Å². The maximum atomic E-state index is 13.6. The second-order valence-electron chi connectivity index (χ2n) is 13.6. The summed E-state index contributed by atoms with van der Waals surface area (Å²) in [6.07, 6.45) is 4.30. The highest BCUT2D eigenvalue weighted by molar-refractivity contribution is 5.74. The van der Waals surface area contributed by atoms with Crippen LogP contribution >= 0.6 is 0 Å². The van der Waals surface area contributed by atoms with Crippen LogP contribution in [0.1, 0.15) is 41.5 Å². The first-order valence-corrected chi connectivity index (χ1v) is 17.1. The van der Waals surface area contributed by atoms with E-state index >= 15 is 0 Å². The van der Waals surface area contributed by atoms with E-state index in [0.717, 1.165) is 19.6 Å². The summed E-state index contributed by atoms with van der Waals surface area (Å²) in [5.74, 6) is 2.41. The number of ether oxygens (including phenoxy) is 7. The van der Waals surface area contributed by atoms with Crippen molar-refractivity contribution in [1.82, 2.24) is 24.5 Å². The first kappa shape index (κ1) is 44.2. The van der Waals surface area contributed by atoms with Crippen LogP contribution in [-0.4, -0.2) is 193 Å². The van der Waals surface area contributed by atoms with Gasteiger partial charge in [-0.05, 0) is 41.5 Å². The predicted octanol–water partition coefficient (Wildman–Crippen LogP) is 2.48. The molecule has 0 saturated carbocycles. The quantitative estimate of drug-likeness (QED) is 0.122. The van der Waals surface area contributed by atoms with Crippen LogP contribution in [0.4, 0.5) is 14.4 Å². The minimum atomic E-state index is -0.575. The molecule has 0 aromatic heterocycles. The van der Waals surface area contributed by atoms with E-state index in [9.17, 15) is 14.4 Å². The molecule has 4 amide bonds. The lowest BCUT2D eigenvalue weighted by atomic mass is 10.2. The highest BCUT2D eigenvalue weighted by Gasteiger charge is 2.26. The van der Waals surface area contributed by atoms with Gasteiger partial charge in [0, 0.05) is 73.0 Å². The van der Waals surface area contributed by atoms with E-state index in [1.807, 2.05) is 46.4 Å². The largest absolute Gasteiger partial charge is 0.444 e. The molecular formula is C34H63N5O10. The van der Waals surface area contributed by atoms with Gasteiger partial charge in [0.05, 0.1) is 59.5 Å². The molecule has 0 bridgehead atoms. The molecule has 0 aliphatic carbocycles. The van der Waals surface area contributed by atoms with E-state index in [4.69, 9.17) is 39.6 Å². The Morgan fingerprint density at radius 2 is 1.02 bits per heavy atom. The Morgan fingerprint density at radius 1 is 0.612 bits per heavy atom. The first-order chi connectivity index (χ1) is 23.1. The molecule has 0 spiro atoms. The van der Waals surface area contributed by atoms with Crippen molar-refractivity contribution in [3.05, 3.63) is 0 Å². The Kier molecular flexibility index (Phi) is 21.9. The smallest absolute Gasteiger partial charge is 0.410 e. The summed E-state index contributed by atoms with van der Waals surface area (Å²) in [4.78, 5) is 46.8. The van der Waals surface area contributed by atoms with Crippen LogP contribution in [0.2, 0.25) is 0 Å². The maximum Gasteiger partial charge on any atom is 0.410 e. The van der Waals surface area contributed by atoms with Crippen LogP contribution in [0.3, 0.4) is 0 Å². The third-order valence-electron chi connectivity index (χ3n) is 6.96. The standard InChI is InChI=1S/C34H63N5O10/c1-10-20-43-26-28-47-29-27-46-23-17-37-11-13-38(14-12-37)30(40)39(18-24-44-21-15-35(8)31(41)48-33(2,3)4)19-25-45-22-16-36(9)32(42)49-34(5,6)7/h1H,11-29H2,2-9H3. The Morgan fingerprint density at radius 3 is 1.47 bits per heavy atom. The van der Waals surface area contributed by atoms with Crippen LogP contribution in [0.15, 0.2) is 0 Å². The fourth-order valence-electron chi connectivity index (χ4n) is 4.25. The molecule has 0 unspecified atom stereocenters. The van der Waals surface area contributed by atoms with E-state index in [2.05, 4.69) is 10.8 Å². The lowest BCUT2D eigenvalue weighted by molar-refractivity contribution is 0.0122. The van der Waals surface area contributed by atoms with Gasteiger partial charge in [-0.3, -0.25) is 4.90 Å². The van der Waals surface area contributed by atoms with Crippen molar-refractivity contribution in [2.45, 2.75) is 52.7 Å². The summed E-state index contributed by atoms with van der Waals surface area (Å²) >= 11 is 0. The molecule has 49 heavy (non-hydrogen) atoms. The predicted molar refractivity (Wildman–Crippen MR) is 186 cm³/mol. The molecule has 1 saturated heterocycles. The Labute approximate surface area is 294 Å². The number of terminal acetylenes is 1. The number of carbonyl (C=O) groups excluding carboxylic acids is 3. The van der Waals surface area contributed by atoms with Gasteiger partial charge < -0.3 is 52.8 Å². The molecule has 1 aliphatic rings. The lowest BCUT2D eigenvalue weighted by Gasteiger charge is -2.37. The Balaban J connectivity index is 2.49. The van der Waals surface area contributed by atoms with Gasteiger partial charge in [0.25, 0.3) is 0 Å².